The van der Waals surface area contributed by atoms with Crippen LogP contribution in [-0.4, -0.2) is 40.7 Å². The lowest BCUT2D eigenvalue weighted by atomic mass is 10.2. The van der Waals surface area contributed by atoms with Crippen molar-refractivity contribution in [2.45, 2.75) is 23.3 Å². The van der Waals surface area contributed by atoms with Crippen LogP contribution in [0.3, 0.4) is 0 Å². The van der Waals surface area contributed by atoms with Gasteiger partial charge in [0, 0.05) is 6.26 Å². The third-order valence-electron chi connectivity index (χ3n) is 4.11. The minimum absolute atomic E-state index is 0.0157. The van der Waals surface area contributed by atoms with Crippen LogP contribution < -0.4 is 4.80 Å². The van der Waals surface area contributed by atoms with Crippen molar-refractivity contribution in [1.82, 2.24) is 4.57 Å². The second kappa shape index (κ2) is 7.73. The summed E-state index contributed by atoms with van der Waals surface area (Å²) in [5.74, 6) is -0.592. The number of esters is 1. The molecule has 0 aliphatic carbocycles. The normalized spacial score (nSPS) is 13.0. The van der Waals surface area contributed by atoms with E-state index in [2.05, 4.69) is 4.40 Å². The number of carbonyl (C=O) groups is 1. The lowest BCUT2D eigenvalue weighted by molar-refractivity contribution is -0.141. The Morgan fingerprint density at radius 2 is 1.69 bits per heavy atom. The molecule has 3 aromatic rings. The summed E-state index contributed by atoms with van der Waals surface area (Å²) in [6.45, 7) is 1.57. The summed E-state index contributed by atoms with van der Waals surface area (Å²) in [5, 5.41) is 0. The highest BCUT2D eigenvalue weighted by molar-refractivity contribution is 7.90. The van der Waals surface area contributed by atoms with E-state index < -0.39 is 25.8 Å². The van der Waals surface area contributed by atoms with Gasteiger partial charge in [-0.3, -0.25) is 4.79 Å². The summed E-state index contributed by atoms with van der Waals surface area (Å²) in [6.07, 6.45) is 1.08. The van der Waals surface area contributed by atoms with Gasteiger partial charge in [0.2, 0.25) is 4.80 Å². The van der Waals surface area contributed by atoms with Gasteiger partial charge in [0.15, 0.2) is 9.84 Å². The monoisotopic (exact) mass is 454 g/mol. The Morgan fingerprint density at radius 1 is 1.07 bits per heavy atom. The van der Waals surface area contributed by atoms with Crippen LogP contribution in [0.1, 0.15) is 5.56 Å². The number of thiazole rings is 1. The molecular formula is C18H18N2O6S3. The highest BCUT2D eigenvalue weighted by Gasteiger charge is 2.17. The first-order valence-corrected chi connectivity index (χ1v) is 12.4. The number of ether oxygens (including phenoxy) is 1. The van der Waals surface area contributed by atoms with Crippen LogP contribution in [0.5, 0.6) is 0 Å². The number of carbonyl (C=O) groups excluding carboxylic acids is 1. The average molecular weight is 455 g/mol. The van der Waals surface area contributed by atoms with Gasteiger partial charge in [0.1, 0.15) is 6.54 Å². The zero-order valence-electron chi connectivity index (χ0n) is 15.8. The van der Waals surface area contributed by atoms with Crippen molar-refractivity contribution in [2.24, 2.45) is 4.40 Å². The molecule has 8 nitrogen and oxygen atoms in total. The van der Waals surface area contributed by atoms with Gasteiger partial charge < -0.3 is 9.30 Å². The Balaban J connectivity index is 2.26. The number of methoxy groups -OCH3 is 1. The minimum Gasteiger partial charge on any atom is -0.468 e. The molecule has 0 N–H and O–H groups in total. The van der Waals surface area contributed by atoms with Gasteiger partial charge in [-0.25, -0.2) is 8.42 Å². The SMILES string of the molecule is COC(=O)Cn1c(=NS(=O)(=O)c2ccc(C)cc2)sc2cc(S(C)(=O)=O)ccc21. The fourth-order valence-electron chi connectivity index (χ4n) is 2.57. The second-order valence-corrected chi connectivity index (χ2v) is 11.0. The van der Waals surface area contributed by atoms with Crippen LogP contribution in [-0.2, 0) is 35.9 Å². The summed E-state index contributed by atoms with van der Waals surface area (Å²) in [7, 11) is -6.27. The first-order valence-electron chi connectivity index (χ1n) is 8.29. The van der Waals surface area contributed by atoms with Crippen LogP contribution in [0.25, 0.3) is 10.2 Å². The van der Waals surface area contributed by atoms with E-state index in [0.717, 1.165) is 23.2 Å². The molecule has 0 bridgehead atoms. The molecule has 0 atom stereocenters. The molecule has 0 aliphatic rings. The third kappa shape index (κ3) is 4.57. The Bertz CT molecular complexity index is 1370. The van der Waals surface area contributed by atoms with Crippen molar-refractivity contribution in [1.29, 1.82) is 0 Å². The third-order valence-corrected chi connectivity index (χ3v) is 7.66. The van der Waals surface area contributed by atoms with E-state index >= 15 is 0 Å². The maximum absolute atomic E-state index is 12.7. The maximum atomic E-state index is 12.7. The second-order valence-electron chi connectivity index (χ2n) is 6.33. The van der Waals surface area contributed by atoms with Gasteiger partial charge >= 0.3 is 5.97 Å². The number of benzene rings is 2. The van der Waals surface area contributed by atoms with Crippen molar-refractivity contribution in [3.05, 3.63) is 52.8 Å². The van der Waals surface area contributed by atoms with E-state index in [0.29, 0.717) is 10.2 Å². The number of rotatable bonds is 5. The summed E-state index contributed by atoms with van der Waals surface area (Å²) in [5.41, 5.74) is 1.38. The molecule has 2 aromatic carbocycles. The molecule has 1 heterocycles. The molecule has 3 rings (SSSR count). The smallest absolute Gasteiger partial charge is 0.325 e. The van der Waals surface area contributed by atoms with Crippen molar-refractivity contribution in [3.63, 3.8) is 0 Å². The minimum atomic E-state index is -4.04. The number of aryl methyl sites for hydroxylation is 1. The zero-order valence-corrected chi connectivity index (χ0v) is 18.3. The number of nitrogens with zero attached hydrogens (tertiary/aromatic N) is 2. The van der Waals surface area contributed by atoms with Gasteiger partial charge in [-0.05, 0) is 37.3 Å². The highest BCUT2D eigenvalue weighted by atomic mass is 32.2. The lowest BCUT2D eigenvalue weighted by Gasteiger charge is -2.05. The molecule has 0 saturated carbocycles. The maximum Gasteiger partial charge on any atom is 0.325 e. The molecule has 0 radical (unpaired) electrons. The van der Waals surface area contributed by atoms with Crippen LogP contribution in [0.15, 0.2) is 56.7 Å². The van der Waals surface area contributed by atoms with Gasteiger partial charge in [-0.1, -0.05) is 29.0 Å². The van der Waals surface area contributed by atoms with Gasteiger partial charge in [0.05, 0.1) is 27.1 Å². The molecule has 11 heteroatoms. The van der Waals surface area contributed by atoms with E-state index in [1.807, 2.05) is 6.92 Å². The zero-order chi connectivity index (χ0) is 21.4. The molecule has 0 spiro atoms. The Kier molecular flexibility index (Phi) is 5.65. The summed E-state index contributed by atoms with van der Waals surface area (Å²) in [4.78, 5) is 12.0. The summed E-state index contributed by atoms with van der Waals surface area (Å²) >= 11 is 0.976. The summed E-state index contributed by atoms with van der Waals surface area (Å²) < 4.78 is 59.6. The molecule has 0 aliphatic heterocycles. The molecule has 0 fully saturated rings. The molecule has 0 amide bonds. The standard InChI is InChI=1S/C18H18N2O6S3/c1-12-4-6-13(7-5-12)29(24,25)19-18-20(11-17(21)26-2)15-9-8-14(28(3,22)23)10-16(15)27-18/h4-10H,11H2,1-3H3. The van der Waals surface area contributed by atoms with Gasteiger partial charge in [-0.15, -0.1) is 4.40 Å². The van der Waals surface area contributed by atoms with E-state index in [1.54, 1.807) is 12.1 Å². The first kappa shape index (κ1) is 21.2. The number of sulfone groups is 1. The van der Waals surface area contributed by atoms with E-state index in [-0.39, 0.29) is 21.1 Å². The highest BCUT2D eigenvalue weighted by Crippen LogP contribution is 2.23. The molecule has 29 heavy (non-hydrogen) atoms. The van der Waals surface area contributed by atoms with E-state index in [9.17, 15) is 21.6 Å². The predicted molar refractivity (Wildman–Crippen MR) is 109 cm³/mol. The van der Waals surface area contributed by atoms with Crippen LogP contribution >= 0.6 is 11.3 Å². The fraction of sp³-hybridized carbons (Fsp3) is 0.222. The van der Waals surface area contributed by atoms with Crippen LogP contribution in [0.4, 0.5) is 0 Å². The number of sulfonamides is 1. The lowest BCUT2D eigenvalue weighted by Crippen LogP contribution is -2.22. The largest absolute Gasteiger partial charge is 0.468 e. The van der Waals surface area contributed by atoms with E-state index in [1.165, 1.54) is 42.0 Å². The number of aromatic nitrogens is 1. The fourth-order valence-corrected chi connectivity index (χ4v) is 5.56. The van der Waals surface area contributed by atoms with Crippen LogP contribution in [0.2, 0.25) is 0 Å². The number of hydrogen-bond donors (Lipinski definition) is 0. The summed E-state index contributed by atoms with van der Waals surface area (Å²) in [6, 6.07) is 10.6. The van der Waals surface area contributed by atoms with Gasteiger partial charge in [-0.2, -0.15) is 8.42 Å². The first-order chi connectivity index (χ1) is 13.5. The molecule has 1 aromatic heterocycles. The topological polar surface area (TPSA) is 112 Å². The van der Waals surface area contributed by atoms with Crippen LogP contribution in [0, 0.1) is 6.92 Å². The molecular weight excluding hydrogens is 436 g/mol. The quantitative estimate of drug-likeness (QED) is 0.544. The van der Waals surface area contributed by atoms with Crippen molar-refractivity contribution < 1.29 is 26.4 Å². The molecule has 0 saturated heterocycles. The van der Waals surface area contributed by atoms with E-state index in [4.69, 9.17) is 4.74 Å². The van der Waals surface area contributed by atoms with Gasteiger partial charge in [0.25, 0.3) is 10.0 Å². The Labute approximate surface area is 172 Å². The number of hydrogen-bond acceptors (Lipinski definition) is 7. The molecule has 154 valence electrons. The molecule has 0 unspecified atom stereocenters. The van der Waals surface area contributed by atoms with Crippen molar-refractivity contribution in [3.8, 4) is 0 Å². The average Bonchev–Trinajstić information content (AvgIpc) is 2.97. The Morgan fingerprint density at radius 3 is 2.28 bits per heavy atom. The van der Waals surface area contributed by atoms with Crippen molar-refractivity contribution >= 4 is 47.4 Å². The Hall–Kier alpha value is -2.50. The van der Waals surface area contributed by atoms with Crippen molar-refractivity contribution in [2.75, 3.05) is 13.4 Å². The number of fused-ring (bicyclic) bond motifs is 1. The predicted octanol–water partition coefficient (Wildman–Crippen LogP) is 1.88.